The fourth-order valence-corrected chi connectivity index (χ4v) is 1.86. The second-order valence-electron chi connectivity index (χ2n) is 4.24. The second kappa shape index (κ2) is 6.81. The van der Waals surface area contributed by atoms with Crippen LogP contribution in [0.2, 0.25) is 0 Å². The molecule has 0 saturated heterocycles. The third-order valence-corrected chi connectivity index (χ3v) is 2.81. The summed E-state index contributed by atoms with van der Waals surface area (Å²) < 4.78 is 6.71. The third kappa shape index (κ3) is 3.21. The van der Waals surface area contributed by atoms with Gasteiger partial charge in [-0.05, 0) is 38.1 Å². The van der Waals surface area contributed by atoms with Gasteiger partial charge in [-0.2, -0.15) is 5.10 Å². The van der Waals surface area contributed by atoms with Gasteiger partial charge in [-0.1, -0.05) is 0 Å². The van der Waals surface area contributed by atoms with Crippen molar-refractivity contribution in [3.8, 4) is 11.3 Å². The Morgan fingerprint density at radius 2 is 2.15 bits per heavy atom. The Hall–Kier alpha value is -2.21. The first-order chi connectivity index (χ1) is 9.76. The van der Waals surface area contributed by atoms with E-state index in [9.17, 15) is 4.79 Å². The molecule has 2 aromatic heterocycles. The summed E-state index contributed by atoms with van der Waals surface area (Å²) in [6.45, 7) is 3.26. The summed E-state index contributed by atoms with van der Waals surface area (Å²) in [7, 11) is 0. The van der Waals surface area contributed by atoms with E-state index in [1.54, 1.807) is 30.1 Å². The molecule has 2 N–H and O–H groups in total. The standard InChI is InChI=1S/C14H18N4O2/c1-2-20-14(19)13-10-12(11-4-7-16-8-5-11)17-18(13)9-3-6-15/h4-5,7-8,10H,2-3,6,9,15H2,1H3. The van der Waals surface area contributed by atoms with Crippen molar-refractivity contribution in [1.82, 2.24) is 14.8 Å². The van der Waals surface area contributed by atoms with Crippen LogP contribution < -0.4 is 5.73 Å². The summed E-state index contributed by atoms with van der Waals surface area (Å²) in [6, 6.07) is 5.44. The zero-order valence-corrected chi connectivity index (χ0v) is 11.5. The number of hydrogen-bond acceptors (Lipinski definition) is 5. The lowest BCUT2D eigenvalue weighted by Crippen LogP contribution is -2.15. The van der Waals surface area contributed by atoms with E-state index in [1.165, 1.54) is 0 Å². The van der Waals surface area contributed by atoms with Crippen LogP contribution in [-0.2, 0) is 11.3 Å². The molecule has 0 aliphatic rings. The summed E-state index contributed by atoms with van der Waals surface area (Å²) >= 11 is 0. The number of pyridine rings is 1. The Bertz CT molecular complexity index is 566. The van der Waals surface area contributed by atoms with Crippen LogP contribution in [0.5, 0.6) is 0 Å². The van der Waals surface area contributed by atoms with Gasteiger partial charge in [0, 0.05) is 24.5 Å². The number of carbonyl (C=O) groups excluding carboxylic acids is 1. The molecule has 0 spiro atoms. The van der Waals surface area contributed by atoms with Crippen molar-refractivity contribution in [3.05, 3.63) is 36.3 Å². The molecular formula is C14H18N4O2. The van der Waals surface area contributed by atoms with Crippen LogP contribution in [0.15, 0.2) is 30.6 Å². The van der Waals surface area contributed by atoms with Crippen molar-refractivity contribution in [2.75, 3.05) is 13.2 Å². The summed E-state index contributed by atoms with van der Waals surface area (Å²) in [5, 5.41) is 4.45. The van der Waals surface area contributed by atoms with Crippen molar-refractivity contribution in [2.24, 2.45) is 5.73 Å². The summed E-state index contributed by atoms with van der Waals surface area (Å²) in [4.78, 5) is 15.9. The fraction of sp³-hybridized carbons (Fsp3) is 0.357. The zero-order chi connectivity index (χ0) is 14.4. The minimum atomic E-state index is -0.364. The molecule has 0 saturated carbocycles. The first-order valence-corrected chi connectivity index (χ1v) is 6.61. The van der Waals surface area contributed by atoms with Crippen LogP contribution in [0.4, 0.5) is 0 Å². The van der Waals surface area contributed by atoms with Gasteiger partial charge < -0.3 is 10.5 Å². The van der Waals surface area contributed by atoms with Gasteiger partial charge >= 0.3 is 5.97 Å². The predicted molar refractivity (Wildman–Crippen MR) is 75.1 cm³/mol. The smallest absolute Gasteiger partial charge is 0.356 e. The van der Waals surface area contributed by atoms with Gasteiger partial charge in [0.1, 0.15) is 5.69 Å². The summed E-state index contributed by atoms with van der Waals surface area (Å²) in [5.41, 5.74) is 7.61. The van der Waals surface area contributed by atoms with Crippen LogP contribution >= 0.6 is 0 Å². The number of aromatic nitrogens is 3. The van der Waals surface area contributed by atoms with Crippen molar-refractivity contribution >= 4 is 5.97 Å². The number of aryl methyl sites for hydroxylation is 1. The fourth-order valence-electron chi connectivity index (χ4n) is 1.86. The topological polar surface area (TPSA) is 83.0 Å². The number of rotatable bonds is 6. The average molecular weight is 274 g/mol. The molecule has 0 radical (unpaired) electrons. The van der Waals surface area contributed by atoms with Crippen LogP contribution in [0.3, 0.4) is 0 Å². The van der Waals surface area contributed by atoms with Crippen LogP contribution in [-0.4, -0.2) is 33.9 Å². The highest BCUT2D eigenvalue weighted by atomic mass is 16.5. The van der Waals surface area contributed by atoms with E-state index >= 15 is 0 Å². The molecule has 0 aromatic carbocycles. The van der Waals surface area contributed by atoms with Gasteiger partial charge in [0.15, 0.2) is 0 Å². The molecule has 0 amide bonds. The molecule has 2 aromatic rings. The lowest BCUT2D eigenvalue weighted by molar-refractivity contribution is 0.0511. The molecule has 2 rings (SSSR count). The molecule has 0 unspecified atom stereocenters. The monoisotopic (exact) mass is 274 g/mol. The Labute approximate surface area is 117 Å². The van der Waals surface area contributed by atoms with E-state index in [2.05, 4.69) is 10.1 Å². The van der Waals surface area contributed by atoms with E-state index in [1.807, 2.05) is 12.1 Å². The minimum absolute atomic E-state index is 0.339. The third-order valence-electron chi connectivity index (χ3n) is 2.81. The second-order valence-corrected chi connectivity index (χ2v) is 4.24. The van der Waals surface area contributed by atoms with Crippen LogP contribution in [0, 0.1) is 0 Å². The largest absolute Gasteiger partial charge is 0.461 e. The molecule has 2 heterocycles. The zero-order valence-electron chi connectivity index (χ0n) is 11.5. The maximum Gasteiger partial charge on any atom is 0.356 e. The summed E-state index contributed by atoms with van der Waals surface area (Å²) in [6.07, 6.45) is 4.14. The SMILES string of the molecule is CCOC(=O)c1cc(-c2ccncc2)nn1CCCN. The molecular weight excluding hydrogens is 256 g/mol. The lowest BCUT2D eigenvalue weighted by atomic mass is 10.2. The van der Waals surface area contributed by atoms with Gasteiger partial charge in [-0.3, -0.25) is 9.67 Å². The van der Waals surface area contributed by atoms with Crippen molar-refractivity contribution in [3.63, 3.8) is 0 Å². The van der Waals surface area contributed by atoms with Gasteiger partial charge in [-0.15, -0.1) is 0 Å². The van der Waals surface area contributed by atoms with Gasteiger partial charge in [0.2, 0.25) is 0 Å². The van der Waals surface area contributed by atoms with E-state index in [-0.39, 0.29) is 5.97 Å². The van der Waals surface area contributed by atoms with Gasteiger partial charge in [0.25, 0.3) is 0 Å². The Balaban J connectivity index is 2.33. The molecule has 0 aliphatic carbocycles. The molecule has 6 nitrogen and oxygen atoms in total. The molecule has 20 heavy (non-hydrogen) atoms. The molecule has 6 heteroatoms. The molecule has 0 atom stereocenters. The van der Waals surface area contributed by atoms with Gasteiger partial charge in [-0.25, -0.2) is 4.79 Å². The highest BCUT2D eigenvalue weighted by molar-refractivity contribution is 5.89. The van der Waals surface area contributed by atoms with E-state index in [0.29, 0.717) is 25.4 Å². The number of esters is 1. The highest BCUT2D eigenvalue weighted by Gasteiger charge is 2.16. The molecule has 106 valence electrons. The van der Waals surface area contributed by atoms with Gasteiger partial charge in [0.05, 0.1) is 12.3 Å². The number of nitrogens with two attached hydrogens (primary N) is 1. The highest BCUT2D eigenvalue weighted by Crippen LogP contribution is 2.19. The van der Waals surface area contributed by atoms with Crippen molar-refractivity contribution in [2.45, 2.75) is 19.9 Å². The molecule has 0 bridgehead atoms. The number of nitrogens with zero attached hydrogens (tertiary/aromatic N) is 3. The minimum Gasteiger partial charge on any atom is -0.461 e. The van der Waals surface area contributed by atoms with E-state index < -0.39 is 0 Å². The normalized spacial score (nSPS) is 10.5. The summed E-state index contributed by atoms with van der Waals surface area (Å²) in [5.74, 6) is -0.364. The number of carbonyl (C=O) groups is 1. The average Bonchev–Trinajstić information content (AvgIpc) is 2.90. The first kappa shape index (κ1) is 14.2. The van der Waals surface area contributed by atoms with Crippen LogP contribution in [0.25, 0.3) is 11.3 Å². The van der Waals surface area contributed by atoms with Crippen molar-refractivity contribution < 1.29 is 9.53 Å². The van der Waals surface area contributed by atoms with E-state index in [0.717, 1.165) is 17.7 Å². The molecule has 0 fully saturated rings. The number of hydrogen-bond donors (Lipinski definition) is 1. The maximum absolute atomic E-state index is 11.9. The van der Waals surface area contributed by atoms with Crippen LogP contribution in [0.1, 0.15) is 23.8 Å². The maximum atomic E-state index is 11.9. The lowest BCUT2D eigenvalue weighted by Gasteiger charge is -2.05. The Morgan fingerprint density at radius 3 is 2.80 bits per heavy atom. The van der Waals surface area contributed by atoms with E-state index in [4.69, 9.17) is 10.5 Å². The quantitative estimate of drug-likeness (QED) is 0.806. The van der Waals surface area contributed by atoms with Crippen molar-refractivity contribution in [1.29, 1.82) is 0 Å². The Morgan fingerprint density at radius 1 is 1.40 bits per heavy atom. The predicted octanol–water partition coefficient (Wildman–Crippen LogP) is 1.47. The Kier molecular flexibility index (Phi) is 4.84. The molecule has 0 aliphatic heterocycles. The first-order valence-electron chi connectivity index (χ1n) is 6.61. The number of ether oxygens (including phenoxy) is 1.